The number of ketones is 1. The van der Waals surface area contributed by atoms with Gasteiger partial charge in [0.2, 0.25) is 0 Å². The lowest BCUT2D eigenvalue weighted by atomic mass is 10.2. The SMILES string of the molecule is C=CC=CC=CCCC(C)=O. The Kier molecular flexibility index (Phi) is 6.30. The minimum Gasteiger partial charge on any atom is -0.300 e. The van der Waals surface area contributed by atoms with Crippen molar-refractivity contribution in [2.24, 2.45) is 0 Å². The molecule has 60 valence electrons. The van der Waals surface area contributed by atoms with Gasteiger partial charge in [0.1, 0.15) is 5.78 Å². The highest BCUT2D eigenvalue weighted by molar-refractivity contribution is 5.75. The molecule has 0 unspecified atom stereocenters. The predicted octanol–water partition coefficient (Wildman–Crippen LogP) is 2.65. The summed E-state index contributed by atoms with van der Waals surface area (Å²) >= 11 is 0. The van der Waals surface area contributed by atoms with Crippen molar-refractivity contribution in [2.75, 3.05) is 0 Å². The van der Waals surface area contributed by atoms with Crippen LogP contribution in [-0.4, -0.2) is 5.78 Å². The van der Waals surface area contributed by atoms with Crippen LogP contribution in [0.15, 0.2) is 37.0 Å². The average Bonchev–Trinajstić information content (AvgIpc) is 1.96. The molecule has 0 amide bonds. The number of Topliss-reactive ketones (excluding diaryl/α,β-unsaturated/α-hetero) is 1. The molecular weight excluding hydrogens is 136 g/mol. The van der Waals surface area contributed by atoms with Gasteiger partial charge in [0.15, 0.2) is 0 Å². The Hall–Kier alpha value is -1.11. The average molecular weight is 150 g/mol. The van der Waals surface area contributed by atoms with Crippen LogP contribution >= 0.6 is 0 Å². The molecule has 0 saturated heterocycles. The molecule has 11 heavy (non-hydrogen) atoms. The molecule has 0 radical (unpaired) electrons. The van der Waals surface area contributed by atoms with Crippen LogP contribution in [0.4, 0.5) is 0 Å². The van der Waals surface area contributed by atoms with E-state index in [0.29, 0.717) is 6.42 Å². The van der Waals surface area contributed by atoms with Gasteiger partial charge in [-0.3, -0.25) is 0 Å². The maximum Gasteiger partial charge on any atom is 0.130 e. The van der Waals surface area contributed by atoms with Crippen LogP contribution in [0.5, 0.6) is 0 Å². The highest BCUT2D eigenvalue weighted by Gasteiger charge is 1.86. The summed E-state index contributed by atoms with van der Waals surface area (Å²) in [5.74, 6) is 0.238. The summed E-state index contributed by atoms with van der Waals surface area (Å²) in [7, 11) is 0. The van der Waals surface area contributed by atoms with Crippen LogP contribution in [0.2, 0.25) is 0 Å². The molecule has 0 aromatic rings. The van der Waals surface area contributed by atoms with E-state index in [-0.39, 0.29) is 5.78 Å². The van der Waals surface area contributed by atoms with Crippen molar-refractivity contribution in [3.8, 4) is 0 Å². The van der Waals surface area contributed by atoms with Gasteiger partial charge in [-0.1, -0.05) is 37.0 Å². The van der Waals surface area contributed by atoms with E-state index < -0.39 is 0 Å². The molecule has 0 rings (SSSR count). The van der Waals surface area contributed by atoms with Gasteiger partial charge in [-0.05, 0) is 13.3 Å². The molecule has 0 aromatic heterocycles. The van der Waals surface area contributed by atoms with Crippen LogP contribution in [0, 0.1) is 0 Å². The zero-order valence-corrected chi connectivity index (χ0v) is 6.92. The molecule has 0 aliphatic rings. The summed E-state index contributed by atoms with van der Waals surface area (Å²) < 4.78 is 0. The zero-order valence-electron chi connectivity index (χ0n) is 6.92. The highest BCUT2D eigenvalue weighted by atomic mass is 16.1. The summed E-state index contributed by atoms with van der Waals surface area (Å²) in [5, 5.41) is 0. The number of carbonyl (C=O) groups is 1. The first-order chi connectivity index (χ1) is 5.27. The third kappa shape index (κ3) is 8.89. The van der Waals surface area contributed by atoms with Gasteiger partial charge in [0, 0.05) is 6.42 Å². The second-order valence-electron chi connectivity index (χ2n) is 2.29. The molecule has 0 heterocycles. The van der Waals surface area contributed by atoms with Crippen LogP contribution in [0.3, 0.4) is 0 Å². The molecule has 0 fully saturated rings. The van der Waals surface area contributed by atoms with E-state index >= 15 is 0 Å². The molecular formula is C10H14O. The van der Waals surface area contributed by atoms with Gasteiger partial charge < -0.3 is 4.79 Å². The Morgan fingerprint density at radius 2 is 2.09 bits per heavy atom. The molecule has 1 heteroatoms. The van der Waals surface area contributed by atoms with E-state index in [1.807, 2.05) is 24.3 Å². The highest BCUT2D eigenvalue weighted by Crippen LogP contribution is 1.91. The van der Waals surface area contributed by atoms with Gasteiger partial charge in [-0.2, -0.15) is 0 Å². The Balaban J connectivity index is 3.37. The van der Waals surface area contributed by atoms with Crippen LogP contribution in [0.1, 0.15) is 19.8 Å². The number of hydrogen-bond donors (Lipinski definition) is 0. The van der Waals surface area contributed by atoms with Crippen LogP contribution in [0.25, 0.3) is 0 Å². The van der Waals surface area contributed by atoms with E-state index in [0.717, 1.165) is 6.42 Å². The molecule has 0 spiro atoms. The monoisotopic (exact) mass is 150 g/mol. The lowest BCUT2D eigenvalue weighted by Gasteiger charge is -1.85. The van der Waals surface area contributed by atoms with Crippen molar-refractivity contribution in [1.82, 2.24) is 0 Å². The summed E-state index contributed by atoms with van der Waals surface area (Å²) in [5.41, 5.74) is 0. The molecule has 0 saturated carbocycles. The third-order valence-electron chi connectivity index (χ3n) is 1.16. The predicted molar refractivity (Wildman–Crippen MR) is 48.4 cm³/mol. The van der Waals surface area contributed by atoms with E-state index in [9.17, 15) is 4.79 Å². The largest absolute Gasteiger partial charge is 0.300 e. The minimum atomic E-state index is 0.238. The van der Waals surface area contributed by atoms with Gasteiger partial charge in [-0.15, -0.1) is 0 Å². The summed E-state index contributed by atoms with van der Waals surface area (Å²) in [6, 6.07) is 0. The molecule has 0 atom stereocenters. The Morgan fingerprint density at radius 3 is 2.64 bits per heavy atom. The summed E-state index contributed by atoms with van der Waals surface area (Å²) in [4.78, 5) is 10.5. The maximum atomic E-state index is 10.5. The lowest BCUT2D eigenvalue weighted by molar-refractivity contribution is -0.116. The van der Waals surface area contributed by atoms with Crippen molar-refractivity contribution >= 4 is 5.78 Å². The fraction of sp³-hybridized carbons (Fsp3) is 0.300. The molecule has 0 aliphatic carbocycles. The standard InChI is InChI=1S/C10H14O/c1-3-4-5-6-7-8-9-10(2)11/h3-7H,1,8-9H2,2H3. The van der Waals surface area contributed by atoms with Crippen LogP contribution < -0.4 is 0 Å². The van der Waals surface area contributed by atoms with Crippen molar-refractivity contribution in [3.05, 3.63) is 37.0 Å². The van der Waals surface area contributed by atoms with Crippen molar-refractivity contribution in [1.29, 1.82) is 0 Å². The van der Waals surface area contributed by atoms with E-state index in [4.69, 9.17) is 0 Å². The van der Waals surface area contributed by atoms with Gasteiger partial charge in [-0.25, -0.2) is 0 Å². The molecule has 1 nitrogen and oxygen atoms in total. The van der Waals surface area contributed by atoms with E-state index in [2.05, 4.69) is 6.58 Å². The Labute approximate surface area is 68.1 Å². The normalized spacial score (nSPS) is 11.0. The van der Waals surface area contributed by atoms with Gasteiger partial charge >= 0.3 is 0 Å². The van der Waals surface area contributed by atoms with Gasteiger partial charge in [0.05, 0.1) is 0 Å². The van der Waals surface area contributed by atoms with Crippen molar-refractivity contribution in [3.63, 3.8) is 0 Å². The summed E-state index contributed by atoms with van der Waals surface area (Å²) in [6.45, 7) is 5.14. The second-order valence-corrected chi connectivity index (χ2v) is 2.29. The molecule has 0 aromatic carbocycles. The Morgan fingerprint density at radius 1 is 1.36 bits per heavy atom. The fourth-order valence-corrected chi connectivity index (χ4v) is 0.604. The zero-order chi connectivity index (χ0) is 8.53. The first kappa shape index (κ1) is 9.89. The number of carbonyl (C=O) groups excluding carboxylic acids is 1. The molecule has 0 bridgehead atoms. The number of allylic oxidation sites excluding steroid dienone is 5. The topological polar surface area (TPSA) is 17.1 Å². The summed E-state index contributed by atoms with van der Waals surface area (Å²) in [6.07, 6.45) is 10.8. The molecule has 0 aliphatic heterocycles. The third-order valence-corrected chi connectivity index (χ3v) is 1.16. The van der Waals surface area contributed by atoms with Crippen molar-refractivity contribution in [2.45, 2.75) is 19.8 Å². The van der Waals surface area contributed by atoms with E-state index in [1.54, 1.807) is 13.0 Å². The number of rotatable bonds is 5. The first-order valence-corrected chi connectivity index (χ1v) is 3.71. The Bertz CT molecular complexity index is 175. The fourth-order valence-electron chi connectivity index (χ4n) is 0.604. The second kappa shape index (κ2) is 7.00. The lowest BCUT2D eigenvalue weighted by Crippen LogP contribution is -1.85. The molecule has 0 N–H and O–H groups in total. The number of hydrogen-bond acceptors (Lipinski definition) is 1. The first-order valence-electron chi connectivity index (χ1n) is 3.71. The van der Waals surface area contributed by atoms with E-state index in [1.165, 1.54) is 0 Å². The smallest absolute Gasteiger partial charge is 0.130 e. The minimum absolute atomic E-state index is 0.238. The van der Waals surface area contributed by atoms with Gasteiger partial charge in [0.25, 0.3) is 0 Å². The quantitative estimate of drug-likeness (QED) is 0.551. The van der Waals surface area contributed by atoms with Crippen molar-refractivity contribution < 1.29 is 4.79 Å². The maximum absolute atomic E-state index is 10.5. The van der Waals surface area contributed by atoms with Crippen LogP contribution in [-0.2, 0) is 4.79 Å².